The Kier molecular flexibility index (Phi) is 6.28. The van der Waals surface area contributed by atoms with Crippen LogP contribution in [0.2, 0.25) is 0 Å². The van der Waals surface area contributed by atoms with Gasteiger partial charge in [-0.2, -0.15) is 0 Å². The van der Waals surface area contributed by atoms with Crippen molar-refractivity contribution in [3.05, 3.63) is 0 Å². The molecule has 0 aromatic carbocycles. The standard InChI is InChI=1S/C6H10O4.C2H6/c1-6(2,3)10-5(9)4(7)8;1-2/h1-3H3,(H,7,8);1-2H3. The molecule has 12 heavy (non-hydrogen) atoms. The van der Waals surface area contributed by atoms with E-state index >= 15 is 0 Å². The van der Waals surface area contributed by atoms with Crippen LogP contribution in [0.5, 0.6) is 0 Å². The summed E-state index contributed by atoms with van der Waals surface area (Å²) in [5, 5.41) is 8.07. The van der Waals surface area contributed by atoms with Crippen LogP contribution in [0.25, 0.3) is 0 Å². The van der Waals surface area contributed by atoms with Crippen molar-refractivity contribution in [1.82, 2.24) is 0 Å². The van der Waals surface area contributed by atoms with E-state index < -0.39 is 17.5 Å². The van der Waals surface area contributed by atoms with Crippen LogP contribution in [0, 0.1) is 0 Å². The number of carbonyl (C=O) groups is 2. The van der Waals surface area contributed by atoms with E-state index in [1.807, 2.05) is 13.8 Å². The summed E-state index contributed by atoms with van der Waals surface area (Å²) in [6.07, 6.45) is 0. The predicted octanol–water partition coefficient (Wildman–Crippen LogP) is 1.44. The van der Waals surface area contributed by atoms with Crippen LogP contribution in [0.4, 0.5) is 0 Å². The summed E-state index contributed by atoms with van der Waals surface area (Å²) in [6, 6.07) is 0. The number of hydrogen-bond acceptors (Lipinski definition) is 3. The summed E-state index contributed by atoms with van der Waals surface area (Å²) in [7, 11) is 0. The van der Waals surface area contributed by atoms with Gasteiger partial charge in [-0.3, -0.25) is 0 Å². The molecule has 0 fully saturated rings. The lowest BCUT2D eigenvalue weighted by atomic mass is 10.2. The molecule has 0 aliphatic carbocycles. The van der Waals surface area contributed by atoms with Gasteiger partial charge >= 0.3 is 11.9 Å². The molecule has 0 unspecified atom stereocenters. The molecule has 0 rings (SSSR count). The highest BCUT2D eigenvalue weighted by molar-refractivity contribution is 6.28. The van der Waals surface area contributed by atoms with Gasteiger partial charge in [0.15, 0.2) is 0 Å². The van der Waals surface area contributed by atoms with Gasteiger partial charge in [-0.25, -0.2) is 9.59 Å². The quantitative estimate of drug-likeness (QED) is 0.448. The Labute approximate surface area is 72.5 Å². The van der Waals surface area contributed by atoms with Crippen LogP contribution in [0.15, 0.2) is 0 Å². The van der Waals surface area contributed by atoms with Crippen LogP contribution in [-0.4, -0.2) is 22.6 Å². The maximum atomic E-state index is 10.3. The van der Waals surface area contributed by atoms with E-state index in [0.717, 1.165) is 0 Å². The summed E-state index contributed by atoms with van der Waals surface area (Å²) >= 11 is 0. The second-order valence-electron chi connectivity index (χ2n) is 2.81. The highest BCUT2D eigenvalue weighted by Gasteiger charge is 2.21. The highest BCUT2D eigenvalue weighted by atomic mass is 16.6. The number of ether oxygens (including phenoxy) is 1. The molecule has 0 aromatic rings. The van der Waals surface area contributed by atoms with Gasteiger partial charge in [-0.1, -0.05) is 13.8 Å². The van der Waals surface area contributed by atoms with Crippen LogP contribution < -0.4 is 0 Å². The smallest absolute Gasteiger partial charge is 0.417 e. The van der Waals surface area contributed by atoms with E-state index in [1.54, 1.807) is 20.8 Å². The molecule has 0 aliphatic rings. The Morgan fingerprint density at radius 1 is 1.17 bits per heavy atom. The van der Waals surface area contributed by atoms with Gasteiger partial charge in [0, 0.05) is 0 Å². The van der Waals surface area contributed by atoms with E-state index in [1.165, 1.54) is 0 Å². The van der Waals surface area contributed by atoms with E-state index in [2.05, 4.69) is 4.74 Å². The summed E-state index contributed by atoms with van der Waals surface area (Å²) in [5.41, 5.74) is -0.727. The number of esters is 1. The molecule has 4 heteroatoms. The first-order chi connectivity index (χ1) is 5.33. The number of rotatable bonds is 0. The molecular formula is C8H16O4. The molecule has 1 N–H and O–H groups in total. The second-order valence-corrected chi connectivity index (χ2v) is 2.81. The van der Waals surface area contributed by atoms with Crippen molar-refractivity contribution < 1.29 is 19.4 Å². The number of hydrogen-bond donors (Lipinski definition) is 1. The average Bonchev–Trinajstić information content (AvgIpc) is 1.88. The minimum atomic E-state index is -1.56. The number of aliphatic carboxylic acids is 1. The zero-order valence-corrected chi connectivity index (χ0v) is 8.17. The van der Waals surface area contributed by atoms with Gasteiger partial charge in [-0.15, -0.1) is 0 Å². The van der Waals surface area contributed by atoms with Crippen molar-refractivity contribution in [1.29, 1.82) is 0 Å². The van der Waals surface area contributed by atoms with Crippen molar-refractivity contribution in [3.8, 4) is 0 Å². The highest BCUT2D eigenvalue weighted by Crippen LogP contribution is 2.06. The zero-order valence-electron chi connectivity index (χ0n) is 8.17. The lowest BCUT2D eigenvalue weighted by Gasteiger charge is -2.17. The molecule has 0 atom stereocenters. The van der Waals surface area contributed by atoms with E-state index in [0.29, 0.717) is 0 Å². The minimum absolute atomic E-state index is 0.727. The van der Waals surface area contributed by atoms with Crippen LogP contribution in [0.1, 0.15) is 34.6 Å². The fourth-order valence-electron chi connectivity index (χ4n) is 0.322. The van der Waals surface area contributed by atoms with Gasteiger partial charge in [-0.05, 0) is 20.8 Å². The number of carbonyl (C=O) groups excluding carboxylic acids is 1. The summed E-state index contributed by atoms with van der Waals surface area (Å²) < 4.78 is 4.46. The Hall–Kier alpha value is -1.06. The first-order valence-corrected chi connectivity index (χ1v) is 3.79. The lowest BCUT2D eigenvalue weighted by Crippen LogP contribution is -2.28. The van der Waals surface area contributed by atoms with Gasteiger partial charge in [0.2, 0.25) is 0 Å². The molecule has 0 radical (unpaired) electrons. The number of carboxylic acid groups (broad SMARTS) is 1. The van der Waals surface area contributed by atoms with Crippen molar-refractivity contribution in [2.75, 3.05) is 0 Å². The number of carboxylic acids is 1. The first kappa shape index (κ1) is 13.5. The van der Waals surface area contributed by atoms with Gasteiger partial charge in [0.1, 0.15) is 5.60 Å². The van der Waals surface area contributed by atoms with Crippen molar-refractivity contribution in [3.63, 3.8) is 0 Å². The summed E-state index contributed by atoms with van der Waals surface area (Å²) in [5.74, 6) is -2.78. The molecule has 0 heterocycles. The Morgan fingerprint density at radius 3 is 1.58 bits per heavy atom. The zero-order chi connectivity index (χ0) is 10.4. The predicted molar refractivity (Wildman–Crippen MR) is 44.8 cm³/mol. The third kappa shape index (κ3) is 8.94. The maximum Gasteiger partial charge on any atom is 0.417 e. The Morgan fingerprint density at radius 2 is 1.50 bits per heavy atom. The van der Waals surface area contributed by atoms with Crippen molar-refractivity contribution in [2.24, 2.45) is 0 Å². The summed E-state index contributed by atoms with van der Waals surface area (Å²) in [6.45, 7) is 8.82. The Balaban J connectivity index is 0. The molecule has 0 saturated heterocycles. The molecular weight excluding hydrogens is 160 g/mol. The van der Waals surface area contributed by atoms with Crippen molar-refractivity contribution >= 4 is 11.9 Å². The molecule has 72 valence electrons. The van der Waals surface area contributed by atoms with Crippen LogP contribution in [-0.2, 0) is 14.3 Å². The third-order valence-corrected chi connectivity index (χ3v) is 0.574. The molecule has 0 saturated carbocycles. The molecule has 0 bridgehead atoms. The molecule has 0 amide bonds. The fourth-order valence-corrected chi connectivity index (χ4v) is 0.322. The first-order valence-electron chi connectivity index (χ1n) is 3.79. The molecule has 0 aromatic heterocycles. The average molecular weight is 176 g/mol. The monoisotopic (exact) mass is 176 g/mol. The van der Waals surface area contributed by atoms with Crippen LogP contribution >= 0.6 is 0 Å². The van der Waals surface area contributed by atoms with E-state index in [-0.39, 0.29) is 0 Å². The fraction of sp³-hybridized carbons (Fsp3) is 0.750. The minimum Gasteiger partial charge on any atom is -0.473 e. The van der Waals surface area contributed by atoms with E-state index in [4.69, 9.17) is 5.11 Å². The van der Waals surface area contributed by atoms with Crippen molar-refractivity contribution in [2.45, 2.75) is 40.2 Å². The normalized spacial score (nSPS) is 9.42. The lowest BCUT2D eigenvalue weighted by molar-refractivity contribution is -0.171. The van der Waals surface area contributed by atoms with Gasteiger partial charge < -0.3 is 9.84 Å². The second kappa shape index (κ2) is 5.57. The van der Waals surface area contributed by atoms with E-state index in [9.17, 15) is 9.59 Å². The van der Waals surface area contributed by atoms with Crippen LogP contribution in [0.3, 0.4) is 0 Å². The molecule has 0 aliphatic heterocycles. The molecule has 0 spiro atoms. The maximum absolute atomic E-state index is 10.3. The SMILES string of the molecule is CC.CC(C)(C)OC(=O)C(=O)O. The van der Waals surface area contributed by atoms with Gasteiger partial charge in [0.05, 0.1) is 0 Å². The largest absolute Gasteiger partial charge is 0.473 e. The summed E-state index contributed by atoms with van der Waals surface area (Å²) in [4.78, 5) is 20.2. The van der Waals surface area contributed by atoms with Gasteiger partial charge in [0.25, 0.3) is 0 Å². The third-order valence-electron chi connectivity index (χ3n) is 0.574. The Bertz CT molecular complexity index is 155. The molecule has 4 nitrogen and oxygen atoms in total. The topological polar surface area (TPSA) is 63.6 Å².